The number of carbonyl (C=O) groups is 3. The zero-order valence-corrected chi connectivity index (χ0v) is 17.0. The number of rotatable bonds is 7. The second kappa shape index (κ2) is 9.13. The molecule has 0 unspecified atom stereocenters. The Balaban J connectivity index is 1.70. The fourth-order valence-electron chi connectivity index (χ4n) is 4.02. The molecule has 0 saturated heterocycles. The standard InChI is InChI=1S/C22H21FN4O5/c23-15-3-1-2-14(10-15)20(29)26-22-25-17-12-24-19(32-9-8-28)11-18(17)27(22)16-6-4-13(5-7-16)21(30)31/h1-3,8,10-13,16H,4-7,9H2,(H,30,31)(H,25,26,29). The number of aldehydes is 1. The summed E-state index contributed by atoms with van der Waals surface area (Å²) in [4.78, 5) is 43.3. The zero-order chi connectivity index (χ0) is 22.7. The van der Waals surface area contributed by atoms with Gasteiger partial charge in [-0.3, -0.25) is 19.7 Å². The third-order valence-corrected chi connectivity index (χ3v) is 5.57. The van der Waals surface area contributed by atoms with Crippen LogP contribution in [0.4, 0.5) is 10.3 Å². The molecule has 0 atom stereocenters. The predicted octanol–water partition coefficient (Wildman–Crippen LogP) is 3.22. The van der Waals surface area contributed by atoms with Crippen LogP contribution in [-0.2, 0) is 9.59 Å². The summed E-state index contributed by atoms with van der Waals surface area (Å²) in [6.45, 7) is -0.153. The number of carbonyl (C=O) groups excluding carboxylic acids is 2. The van der Waals surface area contributed by atoms with Crippen molar-refractivity contribution >= 4 is 35.1 Å². The van der Waals surface area contributed by atoms with Gasteiger partial charge < -0.3 is 14.4 Å². The molecule has 2 aromatic heterocycles. The number of imidazole rings is 1. The molecule has 166 valence electrons. The summed E-state index contributed by atoms with van der Waals surface area (Å²) in [5, 5.41) is 12.1. The van der Waals surface area contributed by atoms with Crippen LogP contribution in [0.5, 0.6) is 5.88 Å². The largest absolute Gasteiger partial charge is 0.481 e. The van der Waals surface area contributed by atoms with Crippen molar-refractivity contribution in [1.29, 1.82) is 0 Å². The van der Waals surface area contributed by atoms with E-state index in [9.17, 15) is 23.9 Å². The summed E-state index contributed by atoms with van der Waals surface area (Å²) in [5.41, 5.74) is 1.28. The van der Waals surface area contributed by atoms with Crippen molar-refractivity contribution < 1.29 is 28.6 Å². The molecule has 2 N–H and O–H groups in total. The molecule has 1 aliphatic carbocycles. The van der Waals surface area contributed by atoms with Gasteiger partial charge in [-0.05, 0) is 43.9 Å². The van der Waals surface area contributed by atoms with E-state index in [0.29, 0.717) is 43.0 Å². The maximum absolute atomic E-state index is 13.6. The van der Waals surface area contributed by atoms with Crippen LogP contribution in [0.1, 0.15) is 42.1 Å². The molecular weight excluding hydrogens is 419 g/mol. The van der Waals surface area contributed by atoms with E-state index in [0.717, 1.165) is 6.07 Å². The number of aliphatic carboxylic acids is 1. The van der Waals surface area contributed by atoms with E-state index < -0.39 is 23.6 Å². The van der Waals surface area contributed by atoms with Gasteiger partial charge in [-0.15, -0.1) is 0 Å². The van der Waals surface area contributed by atoms with E-state index in [2.05, 4.69) is 15.3 Å². The summed E-state index contributed by atoms with van der Waals surface area (Å²) in [6.07, 6.45) is 4.25. The van der Waals surface area contributed by atoms with Crippen molar-refractivity contribution in [2.24, 2.45) is 5.92 Å². The number of nitrogens with zero attached hydrogens (tertiary/aromatic N) is 3. The second-order valence-electron chi connectivity index (χ2n) is 7.60. The van der Waals surface area contributed by atoms with Gasteiger partial charge in [-0.2, -0.15) is 0 Å². The smallest absolute Gasteiger partial charge is 0.306 e. The highest BCUT2D eigenvalue weighted by Gasteiger charge is 2.30. The number of carboxylic acids is 1. The molecule has 1 fully saturated rings. The first-order valence-corrected chi connectivity index (χ1v) is 10.2. The van der Waals surface area contributed by atoms with Crippen molar-refractivity contribution in [3.63, 3.8) is 0 Å². The minimum absolute atomic E-state index is 0.111. The fourth-order valence-corrected chi connectivity index (χ4v) is 4.02. The molecule has 10 heteroatoms. The van der Waals surface area contributed by atoms with E-state index in [4.69, 9.17) is 4.74 Å². The molecular formula is C22H21FN4O5. The maximum Gasteiger partial charge on any atom is 0.306 e. The van der Waals surface area contributed by atoms with Gasteiger partial charge in [0.05, 0.1) is 17.6 Å². The predicted molar refractivity (Wildman–Crippen MR) is 112 cm³/mol. The van der Waals surface area contributed by atoms with Crippen molar-refractivity contribution in [2.45, 2.75) is 31.7 Å². The number of halogens is 1. The van der Waals surface area contributed by atoms with Crippen LogP contribution < -0.4 is 10.1 Å². The number of amides is 1. The average molecular weight is 440 g/mol. The van der Waals surface area contributed by atoms with Crippen molar-refractivity contribution in [3.8, 4) is 5.88 Å². The summed E-state index contributed by atoms with van der Waals surface area (Å²) in [5.74, 6) is -1.79. The third-order valence-electron chi connectivity index (χ3n) is 5.57. The molecule has 3 aromatic rings. The number of hydrogen-bond acceptors (Lipinski definition) is 6. The Labute approximate surface area is 182 Å². The van der Waals surface area contributed by atoms with Crippen LogP contribution >= 0.6 is 0 Å². The first kappa shape index (κ1) is 21.4. The van der Waals surface area contributed by atoms with Crippen molar-refractivity contribution in [3.05, 3.63) is 47.9 Å². The molecule has 0 spiro atoms. The van der Waals surface area contributed by atoms with Gasteiger partial charge in [0.25, 0.3) is 5.91 Å². The monoisotopic (exact) mass is 440 g/mol. The van der Waals surface area contributed by atoms with Crippen LogP contribution in [0, 0.1) is 11.7 Å². The topological polar surface area (TPSA) is 123 Å². The molecule has 2 heterocycles. The number of aromatic nitrogens is 3. The first-order valence-electron chi connectivity index (χ1n) is 10.2. The molecule has 4 rings (SSSR count). The molecule has 0 radical (unpaired) electrons. The lowest BCUT2D eigenvalue weighted by atomic mass is 9.86. The lowest BCUT2D eigenvalue weighted by molar-refractivity contribution is -0.143. The molecule has 9 nitrogen and oxygen atoms in total. The molecule has 32 heavy (non-hydrogen) atoms. The van der Waals surface area contributed by atoms with Gasteiger partial charge in [0.1, 0.15) is 17.9 Å². The Bertz CT molecular complexity index is 1170. The van der Waals surface area contributed by atoms with Gasteiger partial charge in [0.15, 0.2) is 6.29 Å². The van der Waals surface area contributed by atoms with E-state index in [1.54, 1.807) is 6.07 Å². The number of benzene rings is 1. The molecule has 1 amide bonds. The van der Waals surface area contributed by atoms with Gasteiger partial charge in [-0.1, -0.05) is 6.07 Å². The Kier molecular flexibility index (Phi) is 6.11. The summed E-state index contributed by atoms with van der Waals surface area (Å²) < 4.78 is 20.7. The SMILES string of the molecule is O=CCOc1cc2c(cn1)nc(NC(=O)c1cccc(F)c1)n2C1CCC(C(=O)O)CC1. The fraction of sp³-hybridized carbons (Fsp3) is 0.318. The molecule has 1 saturated carbocycles. The zero-order valence-electron chi connectivity index (χ0n) is 17.0. The van der Waals surface area contributed by atoms with Crippen LogP contribution in [0.2, 0.25) is 0 Å². The quantitative estimate of drug-likeness (QED) is 0.541. The van der Waals surface area contributed by atoms with Crippen molar-refractivity contribution in [2.75, 3.05) is 11.9 Å². The van der Waals surface area contributed by atoms with Gasteiger partial charge in [0.2, 0.25) is 11.8 Å². The summed E-state index contributed by atoms with van der Waals surface area (Å²) in [6, 6.07) is 6.84. The van der Waals surface area contributed by atoms with E-state index in [-0.39, 0.29) is 30.0 Å². The number of pyridine rings is 1. The molecule has 0 bridgehead atoms. The van der Waals surface area contributed by atoms with Crippen LogP contribution in [0.3, 0.4) is 0 Å². The normalized spacial score (nSPS) is 18.3. The second-order valence-corrected chi connectivity index (χ2v) is 7.60. The number of ether oxygens (including phenoxy) is 1. The Morgan fingerprint density at radius 1 is 1.25 bits per heavy atom. The minimum Gasteiger partial charge on any atom is -0.481 e. The highest BCUT2D eigenvalue weighted by molar-refractivity contribution is 6.04. The Morgan fingerprint density at radius 2 is 2.03 bits per heavy atom. The highest BCUT2D eigenvalue weighted by Crippen LogP contribution is 2.37. The van der Waals surface area contributed by atoms with E-state index in [1.165, 1.54) is 24.4 Å². The molecule has 1 aliphatic rings. The summed E-state index contributed by atoms with van der Waals surface area (Å²) in [7, 11) is 0. The number of carboxylic acid groups (broad SMARTS) is 1. The summed E-state index contributed by atoms with van der Waals surface area (Å²) >= 11 is 0. The third kappa shape index (κ3) is 4.43. The number of fused-ring (bicyclic) bond motifs is 1. The lowest BCUT2D eigenvalue weighted by Gasteiger charge is -2.28. The van der Waals surface area contributed by atoms with Crippen LogP contribution in [-0.4, -0.2) is 44.4 Å². The van der Waals surface area contributed by atoms with Gasteiger partial charge in [-0.25, -0.2) is 14.4 Å². The Hall–Kier alpha value is -3.82. The highest BCUT2D eigenvalue weighted by atomic mass is 19.1. The van der Waals surface area contributed by atoms with Gasteiger partial charge in [0, 0.05) is 17.7 Å². The molecule has 1 aromatic carbocycles. The average Bonchev–Trinajstić information content (AvgIpc) is 3.14. The van der Waals surface area contributed by atoms with E-state index in [1.807, 2.05) is 4.57 Å². The number of anilines is 1. The molecule has 0 aliphatic heterocycles. The lowest BCUT2D eigenvalue weighted by Crippen LogP contribution is -2.25. The maximum atomic E-state index is 13.6. The first-order chi connectivity index (χ1) is 15.5. The number of hydrogen-bond donors (Lipinski definition) is 2. The minimum atomic E-state index is -0.813. The van der Waals surface area contributed by atoms with Crippen LogP contribution in [0.25, 0.3) is 11.0 Å². The van der Waals surface area contributed by atoms with Crippen LogP contribution in [0.15, 0.2) is 36.5 Å². The van der Waals surface area contributed by atoms with E-state index >= 15 is 0 Å². The van der Waals surface area contributed by atoms with Crippen molar-refractivity contribution in [1.82, 2.24) is 14.5 Å². The Morgan fingerprint density at radius 3 is 2.72 bits per heavy atom. The number of nitrogens with one attached hydrogen (secondary N) is 1. The van der Waals surface area contributed by atoms with Gasteiger partial charge >= 0.3 is 5.97 Å².